The molecule has 8 heteroatoms. The average Bonchev–Trinajstić information content (AvgIpc) is 3.49. The van der Waals surface area contributed by atoms with Crippen LogP contribution in [-0.2, 0) is 6.42 Å². The molecule has 29 heavy (non-hydrogen) atoms. The molecule has 0 spiro atoms. The van der Waals surface area contributed by atoms with Crippen LogP contribution in [0.3, 0.4) is 0 Å². The highest BCUT2D eigenvalue weighted by molar-refractivity contribution is 7.20. The normalized spacial score (nSPS) is 16.4. The fourth-order valence-electron chi connectivity index (χ4n) is 3.84. The number of carbonyl (C=O) groups is 1. The second kappa shape index (κ2) is 6.47. The lowest BCUT2D eigenvalue weighted by atomic mass is 10.0. The first kappa shape index (κ1) is 16.8. The topological polar surface area (TPSA) is 74.8 Å². The van der Waals surface area contributed by atoms with E-state index in [1.807, 2.05) is 47.4 Å². The van der Waals surface area contributed by atoms with Crippen LogP contribution in [0, 0.1) is 0 Å². The van der Waals surface area contributed by atoms with Crippen molar-refractivity contribution in [1.82, 2.24) is 24.8 Å². The van der Waals surface area contributed by atoms with Crippen LogP contribution in [0.5, 0.6) is 0 Å². The van der Waals surface area contributed by atoms with Gasteiger partial charge in [0.1, 0.15) is 11.0 Å². The molecule has 1 aliphatic rings. The highest BCUT2D eigenvalue weighted by Gasteiger charge is 2.37. The second-order valence-corrected chi connectivity index (χ2v) is 9.02. The molecule has 1 atom stereocenters. The number of thiazole rings is 2. The number of hydrogen-bond acceptors (Lipinski definition) is 6. The van der Waals surface area contributed by atoms with E-state index in [0.29, 0.717) is 11.6 Å². The quantitative estimate of drug-likeness (QED) is 0.461. The molecular weight excluding hydrogens is 402 g/mol. The van der Waals surface area contributed by atoms with E-state index in [4.69, 9.17) is 4.98 Å². The fraction of sp³-hybridized carbons (Fsp3) is 0.143. The molecule has 1 N–H and O–H groups in total. The molecule has 0 bridgehead atoms. The summed E-state index contributed by atoms with van der Waals surface area (Å²) in [4.78, 5) is 32.6. The van der Waals surface area contributed by atoms with Gasteiger partial charge in [-0.2, -0.15) is 0 Å². The number of benzene rings is 2. The Kier molecular flexibility index (Phi) is 3.75. The minimum atomic E-state index is -0.304. The van der Waals surface area contributed by atoms with Gasteiger partial charge < -0.3 is 9.88 Å². The minimum absolute atomic E-state index is 0.0656. The molecule has 5 aromatic rings. The number of para-hydroxylation sites is 2. The largest absolute Gasteiger partial charge is 0.348 e. The van der Waals surface area contributed by atoms with Crippen molar-refractivity contribution in [3.8, 4) is 0 Å². The SMILES string of the molecule is O=C(c1nc2ccccc2s1)N1CCc2[nH]cnc2[C@H]1c1nc2ccccc2s1. The minimum Gasteiger partial charge on any atom is -0.348 e. The molecule has 0 radical (unpaired) electrons. The number of nitrogens with one attached hydrogen (secondary N) is 1. The van der Waals surface area contributed by atoms with Gasteiger partial charge in [0, 0.05) is 18.7 Å². The summed E-state index contributed by atoms with van der Waals surface area (Å²) < 4.78 is 2.13. The van der Waals surface area contributed by atoms with Gasteiger partial charge in [-0.25, -0.2) is 15.0 Å². The predicted octanol–water partition coefficient (Wildman–Crippen LogP) is 4.42. The Hall–Kier alpha value is -3.10. The van der Waals surface area contributed by atoms with Crippen LogP contribution in [0.15, 0.2) is 54.9 Å². The molecule has 2 aromatic carbocycles. The second-order valence-electron chi connectivity index (χ2n) is 6.92. The lowest BCUT2D eigenvalue weighted by Gasteiger charge is -2.33. The maximum absolute atomic E-state index is 13.5. The van der Waals surface area contributed by atoms with E-state index in [2.05, 4.69) is 21.0 Å². The van der Waals surface area contributed by atoms with E-state index >= 15 is 0 Å². The van der Waals surface area contributed by atoms with E-state index in [0.717, 1.165) is 43.2 Å². The zero-order valence-corrected chi connectivity index (χ0v) is 16.8. The summed E-state index contributed by atoms with van der Waals surface area (Å²) in [5.41, 5.74) is 3.75. The number of H-pyrrole nitrogens is 1. The van der Waals surface area contributed by atoms with E-state index in [1.165, 1.54) is 11.3 Å². The van der Waals surface area contributed by atoms with Crippen LogP contribution in [-0.4, -0.2) is 37.3 Å². The number of imidazole rings is 1. The van der Waals surface area contributed by atoms with Crippen molar-refractivity contribution in [3.05, 3.63) is 76.3 Å². The molecule has 6 nitrogen and oxygen atoms in total. The summed E-state index contributed by atoms with van der Waals surface area (Å²) in [7, 11) is 0. The molecule has 4 heterocycles. The first-order chi connectivity index (χ1) is 14.3. The smallest absolute Gasteiger partial charge is 0.283 e. The van der Waals surface area contributed by atoms with Gasteiger partial charge in [0.25, 0.3) is 5.91 Å². The molecule has 0 aliphatic carbocycles. The molecule has 6 rings (SSSR count). The van der Waals surface area contributed by atoms with Crippen LogP contribution in [0.2, 0.25) is 0 Å². The number of fused-ring (bicyclic) bond motifs is 3. The van der Waals surface area contributed by atoms with Gasteiger partial charge in [-0.3, -0.25) is 4.79 Å². The summed E-state index contributed by atoms with van der Waals surface area (Å²) in [6.07, 6.45) is 2.45. The Morgan fingerprint density at radius 1 is 1.00 bits per heavy atom. The van der Waals surface area contributed by atoms with Gasteiger partial charge in [-0.15, -0.1) is 22.7 Å². The lowest BCUT2D eigenvalue weighted by Crippen LogP contribution is -2.40. The van der Waals surface area contributed by atoms with Gasteiger partial charge in [0.05, 0.1) is 32.5 Å². The van der Waals surface area contributed by atoms with E-state index < -0.39 is 0 Å². The van der Waals surface area contributed by atoms with Gasteiger partial charge in [0.2, 0.25) is 0 Å². The molecule has 142 valence electrons. The van der Waals surface area contributed by atoms with Crippen molar-refractivity contribution in [2.24, 2.45) is 0 Å². The number of hydrogen-bond donors (Lipinski definition) is 1. The Morgan fingerprint density at radius 2 is 1.72 bits per heavy atom. The molecule has 3 aromatic heterocycles. The molecule has 1 amide bonds. The Labute approximate surface area is 173 Å². The summed E-state index contributed by atoms with van der Waals surface area (Å²) in [6.45, 7) is 0.602. The van der Waals surface area contributed by atoms with Crippen LogP contribution in [0.25, 0.3) is 20.4 Å². The number of rotatable bonds is 2. The number of carbonyl (C=O) groups excluding carboxylic acids is 1. The van der Waals surface area contributed by atoms with Crippen molar-refractivity contribution < 1.29 is 4.79 Å². The fourth-order valence-corrected chi connectivity index (χ4v) is 5.85. The molecule has 1 aliphatic heterocycles. The summed E-state index contributed by atoms with van der Waals surface area (Å²) in [6, 6.07) is 15.6. The monoisotopic (exact) mass is 417 g/mol. The summed E-state index contributed by atoms with van der Waals surface area (Å²) in [5.74, 6) is -0.0656. The molecule has 0 fully saturated rings. The van der Waals surface area contributed by atoms with Crippen molar-refractivity contribution >= 4 is 49.0 Å². The Morgan fingerprint density at radius 3 is 2.48 bits per heavy atom. The molecular formula is C21H15N5OS2. The zero-order valence-electron chi connectivity index (χ0n) is 15.2. The highest BCUT2D eigenvalue weighted by Crippen LogP contribution is 2.38. The van der Waals surface area contributed by atoms with Crippen LogP contribution >= 0.6 is 22.7 Å². The third kappa shape index (κ3) is 2.67. The summed E-state index contributed by atoms with van der Waals surface area (Å²) >= 11 is 3.05. The van der Waals surface area contributed by atoms with Crippen LogP contribution in [0.4, 0.5) is 0 Å². The van der Waals surface area contributed by atoms with Crippen LogP contribution < -0.4 is 0 Å². The van der Waals surface area contributed by atoms with E-state index in [9.17, 15) is 4.79 Å². The number of nitrogens with zero attached hydrogens (tertiary/aromatic N) is 4. The maximum atomic E-state index is 13.5. The van der Waals surface area contributed by atoms with Gasteiger partial charge >= 0.3 is 0 Å². The van der Waals surface area contributed by atoms with Crippen molar-refractivity contribution in [1.29, 1.82) is 0 Å². The molecule has 0 unspecified atom stereocenters. The van der Waals surface area contributed by atoms with Gasteiger partial charge in [-0.05, 0) is 24.3 Å². The number of amides is 1. The van der Waals surface area contributed by atoms with Crippen molar-refractivity contribution in [2.45, 2.75) is 12.5 Å². The maximum Gasteiger partial charge on any atom is 0.283 e. The van der Waals surface area contributed by atoms with Gasteiger partial charge in [0.15, 0.2) is 5.01 Å². The predicted molar refractivity (Wildman–Crippen MR) is 114 cm³/mol. The molecule has 0 saturated heterocycles. The first-order valence-electron chi connectivity index (χ1n) is 9.32. The van der Waals surface area contributed by atoms with Crippen LogP contribution in [0.1, 0.15) is 32.2 Å². The Bertz CT molecular complexity index is 1300. The average molecular weight is 418 g/mol. The third-order valence-corrected chi connectivity index (χ3v) is 7.32. The van der Waals surface area contributed by atoms with E-state index in [1.54, 1.807) is 17.7 Å². The van der Waals surface area contributed by atoms with Crippen molar-refractivity contribution in [2.75, 3.05) is 6.54 Å². The first-order valence-corrected chi connectivity index (χ1v) is 11.0. The van der Waals surface area contributed by atoms with Gasteiger partial charge in [-0.1, -0.05) is 24.3 Å². The Balaban J connectivity index is 1.47. The number of aromatic amines is 1. The molecule has 0 saturated carbocycles. The third-order valence-electron chi connectivity index (χ3n) is 5.21. The van der Waals surface area contributed by atoms with Crippen molar-refractivity contribution in [3.63, 3.8) is 0 Å². The van der Waals surface area contributed by atoms with E-state index in [-0.39, 0.29) is 11.9 Å². The standard InChI is InChI=1S/C21H15N5OS2/c27-21(20-25-13-6-2-4-8-16(13)29-20)26-10-9-14-17(23-11-22-14)18(26)19-24-12-5-1-3-7-15(12)28-19/h1-8,11,18H,9-10H2,(H,22,23)/t18-/m0/s1. The lowest BCUT2D eigenvalue weighted by molar-refractivity contribution is 0.0690. The zero-order chi connectivity index (χ0) is 19.4. The number of aromatic nitrogens is 4. The highest BCUT2D eigenvalue weighted by atomic mass is 32.1. The summed E-state index contributed by atoms with van der Waals surface area (Å²) in [5, 5.41) is 1.39.